The number of halogens is 3. The molecule has 0 unspecified atom stereocenters. The van der Waals surface area contributed by atoms with Crippen molar-refractivity contribution in [1.29, 1.82) is 0 Å². The number of alkyl halides is 3. The summed E-state index contributed by atoms with van der Waals surface area (Å²) in [4.78, 5) is 15.6. The lowest BCUT2D eigenvalue weighted by Crippen LogP contribution is -2.32. The quantitative estimate of drug-likeness (QED) is 0.847. The van der Waals surface area contributed by atoms with E-state index in [2.05, 4.69) is 15.6 Å². The van der Waals surface area contributed by atoms with Crippen LogP contribution in [0.25, 0.3) is 0 Å². The SMILES string of the molecule is CCOc1ccc(NC(=O)NCCn2ccnc2)c(C(F)(F)F)c1. The minimum atomic E-state index is -4.60. The molecule has 1 aromatic heterocycles. The molecule has 0 saturated carbocycles. The molecule has 2 rings (SSSR count). The van der Waals surface area contributed by atoms with E-state index in [1.54, 1.807) is 30.2 Å². The van der Waals surface area contributed by atoms with Crippen molar-refractivity contribution in [2.24, 2.45) is 0 Å². The normalized spacial score (nSPS) is 11.2. The molecule has 0 bridgehead atoms. The van der Waals surface area contributed by atoms with Gasteiger partial charge in [-0.15, -0.1) is 0 Å². The first-order chi connectivity index (χ1) is 11.4. The average molecular weight is 342 g/mol. The predicted molar refractivity (Wildman–Crippen MR) is 81.9 cm³/mol. The molecule has 9 heteroatoms. The molecule has 0 fully saturated rings. The highest BCUT2D eigenvalue weighted by atomic mass is 19.4. The van der Waals surface area contributed by atoms with Gasteiger partial charge in [0.05, 0.1) is 24.2 Å². The topological polar surface area (TPSA) is 68.2 Å². The summed E-state index contributed by atoms with van der Waals surface area (Å²) in [6.07, 6.45) is 0.281. The van der Waals surface area contributed by atoms with Crippen molar-refractivity contribution in [3.8, 4) is 5.75 Å². The molecule has 2 aromatic rings. The molecular weight excluding hydrogens is 325 g/mol. The van der Waals surface area contributed by atoms with Crippen LogP contribution in [0.4, 0.5) is 23.7 Å². The molecule has 0 spiro atoms. The Morgan fingerprint density at radius 2 is 2.17 bits per heavy atom. The Labute approximate surface area is 136 Å². The van der Waals surface area contributed by atoms with Gasteiger partial charge in [0.25, 0.3) is 0 Å². The van der Waals surface area contributed by atoms with Crippen LogP contribution < -0.4 is 15.4 Å². The molecule has 0 atom stereocenters. The summed E-state index contributed by atoms with van der Waals surface area (Å²) in [7, 11) is 0. The molecular formula is C15H17F3N4O2. The molecule has 0 aliphatic rings. The maximum Gasteiger partial charge on any atom is 0.418 e. The highest BCUT2D eigenvalue weighted by Crippen LogP contribution is 2.37. The maximum atomic E-state index is 13.1. The van der Waals surface area contributed by atoms with Gasteiger partial charge in [0.1, 0.15) is 5.75 Å². The van der Waals surface area contributed by atoms with E-state index in [-0.39, 0.29) is 24.6 Å². The fourth-order valence-corrected chi connectivity index (χ4v) is 2.01. The van der Waals surface area contributed by atoms with Crippen molar-refractivity contribution >= 4 is 11.7 Å². The van der Waals surface area contributed by atoms with E-state index in [1.165, 1.54) is 12.1 Å². The lowest BCUT2D eigenvalue weighted by molar-refractivity contribution is -0.137. The third-order valence-corrected chi connectivity index (χ3v) is 3.07. The summed E-state index contributed by atoms with van der Waals surface area (Å²) in [6.45, 7) is 2.63. The van der Waals surface area contributed by atoms with Gasteiger partial charge < -0.3 is 19.9 Å². The second-order valence-corrected chi connectivity index (χ2v) is 4.82. The number of anilines is 1. The van der Waals surface area contributed by atoms with Gasteiger partial charge in [-0.1, -0.05) is 0 Å². The van der Waals surface area contributed by atoms with E-state index in [4.69, 9.17) is 4.74 Å². The molecule has 1 heterocycles. The van der Waals surface area contributed by atoms with Crippen molar-refractivity contribution in [3.63, 3.8) is 0 Å². The minimum Gasteiger partial charge on any atom is -0.494 e. The Morgan fingerprint density at radius 1 is 1.38 bits per heavy atom. The largest absolute Gasteiger partial charge is 0.494 e. The molecule has 1 aromatic carbocycles. The van der Waals surface area contributed by atoms with E-state index < -0.39 is 17.8 Å². The summed E-state index contributed by atoms with van der Waals surface area (Å²) in [5.41, 5.74) is -1.29. The number of hydrogen-bond donors (Lipinski definition) is 2. The van der Waals surface area contributed by atoms with Crippen LogP contribution in [0, 0.1) is 0 Å². The highest BCUT2D eigenvalue weighted by molar-refractivity contribution is 5.90. The zero-order valence-corrected chi connectivity index (χ0v) is 12.9. The lowest BCUT2D eigenvalue weighted by Gasteiger charge is -2.16. The fraction of sp³-hybridized carbons (Fsp3) is 0.333. The number of ether oxygens (including phenoxy) is 1. The van der Waals surface area contributed by atoms with Gasteiger partial charge in [-0.2, -0.15) is 13.2 Å². The zero-order chi connectivity index (χ0) is 17.6. The van der Waals surface area contributed by atoms with Crippen LogP contribution in [-0.2, 0) is 12.7 Å². The summed E-state index contributed by atoms with van der Waals surface area (Å²) in [6, 6.07) is 2.69. The minimum absolute atomic E-state index is 0.0934. The summed E-state index contributed by atoms with van der Waals surface area (Å²) in [5, 5.41) is 4.71. The number of urea groups is 1. The molecule has 6 nitrogen and oxygen atoms in total. The monoisotopic (exact) mass is 342 g/mol. The van der Waals surface area contributed by atoms with Crippen LogP contribution in [0.2, 0.25) is 0 Å². The summed E-state index contributed by atoms with van der Waals surface area (Å²) < 4.78 is 46.2. The third kappa shape index (κ3) is 4.90. The van der Waals surface area contributed by atoms with Gasteiger partial charge in [0.15, 0.2) is 0 Å². The number of imidazole rings is 1. The van der Waals surface area contributed by atoms with E-state index in [9.17, 15) is 18.0 Å². The van der Waals surface area contributed by atoms with Crippen molar-refractivity contribution in [1.82, 2.24) is 14.9 Å². The molecule has 2 amide bonds. The Hall–Kier alpha value is -2.71. The van der Waals surface area contributed by atoms with Crippen LogP contribution in [-0.4, -0.2) is 28.7 Å². The van der Waals surface area contributed by atoms with E-state index in [0.29, 0.717) is 6.54 Å². The fourth-order valence-electron chi connectivity index (χ4n) is 2.01. The maximum absolute atomic E-state index is 13.1. The lowest BCUT2D eigenvalue weighted by atomic mass is 10.1. The van der Waals surface area contributed by atoms with E-state index in [1.807, 2.05) is 0 Å². The number of carbonyl (C=O) groups excluding carboxylic acids is 1. The number of aromatic nitrogens is 2. The molecule has 0 saturated heterocycles. The van der Waals surface area contributed by atoms with Crippen LogP contribution in [0.3, 0.4) is 0 Å². The van der Waals surface area contributed by atoms with Crippen molar-refractivity contribution in [2.75, 3.05) is 18.5 Å². The average Bonchev–Trinajstić information content (AvgIpc) is 3.01. The number of nitrogens with one attached hydrogen (secondary N) is 2. The molecule has 130 valence electrons. The van der Waals surface area contributed by atoms with Gasteiger partial charge in [0.2, 0.25) is 0 Å². The molecule has 0 radical (unpaired) electrons. The first kappa shape index (κ1) is 17.6. The summed E-state index contributed by atoms with van der Waals surface area (Å²) >= 11 is 0. The van der Waals surface area contributed by atoms with Crippen LogP contribution in [0.1, 0.15) is 12.5 Å². The van der Waals surface area contributed by atoms with Gasteiger partial charge in [0, 0.05) is 25.5 Å². The molecule has 0 aliphatic heterocycles. The van der Waals surface area contributed by atoms with Gasteiger partial charge in [-0.3, -0.25) is 0 Å². The zero-order valence-electron chi connectivity index (χ0n) is 12.9. The Balaban J connectivity index is 2.00. The van der Waals surface area contributed by atoms with Crippen molar-refractivity contribution in [2.45, 2.75) is 19.6 Å². The molecule has 0 aliphatic carbocycles. The Bertz CT molecular complexity index is 672. The van der Waals surface area contributed by atoms with Crippen LogP contribution >= 0.6 is 0 Å². The second-order valence-electron chi connectivity index (χ2n) is 4.82. The standard InChI is InChI=1S/C15H17F3N4O2/c1-2-24-11-3-4-13(12(9-11)15(16,17)18)21-14(23)20-6-8-22-7-5-19-10-22/h3-5,7,9-10H,2,6,8H2,1H3,(H2,20,21,23). The Kier molecular flexibility index (Phi) is 5.67. The molecule has 24 heavy (non-hydrogen) atoms. The van der Waals surface area contributed by atoms with E-state index >= 15 is 0 Å². The van der Waals surface area contributed by atoms with Gasteiger partial charge in [-0.05, 0) is 25.1 Å². The Morgan fingerprint density at radius 3 is 2.79 bits per heavy atom. The number of amides is 2. The highest BCUT2D eigenvalue weighted by Gasteiger charge is 2.34. The number of benzene rings is 1. The van der Waals surface area contributed by atoms with E-state index in [0.717, 1.165) is 6.07 Å². The number of carbonyl (C=O) groups is 1. The smallest absolute Gasteiger partial charge is 0.418 e. The van der Waals surface area contributed by atoms with Crippen LogP contribution in [0.5, 0.6) is 5.75 Å². The first-order valence-corrected chi connectivity index (χ1v) is 7.24. The number of rotatable bonds is 6. The van der Waals surface area contributed by atoms with Crippen LogP contribution in [0.15, 0.2) is 36.9 Å². The third-order valence-electron chi connectivity index (χ3n) is 3.07. The van der Waals surface area contributed by atoms with Gasteiger partial charge >= 0.3 is 12.2 Å². The van der Waals surface area contributed by atoms with Gasteiger partial charge in [-0.25, -0.2) is 9.78 Å². The first-order valence-electron chi connectivity index (χ1n) is 7.24. The second kappa shape index (κ2) is 7.71. The van der Waals surface area contributed by atoms with Crippen molar-refractivity contribution < 1.29 is 22.7 Å². The number of hydrogen-bond acceptors (Lipinski definition) is 3. The summed E-state index contributed by atoms with van der Waals surface area (Å²) in [5.74, 6) is 0.0934. The van der Waals surface area contributed by atoms with Crippen molar-refractivity contribution in [3.05, 3.63) is 42.5 Å². The number of nitrogens with zero attached hydrogens (tertiary/aromatic N) is 2. The predicted octanol–water partition coefficient (Wildman–Crippen LogP) is 3.12. The molecule has 2 N–H and O–H groups in total.